The van der Waals surface area contributed by atoms with Crippen molar-refractivity contribution in [2.24, 2.45) is 0 Å². The van der Waals surface area contributed by atoms with Gasteiger partial charge in [0.05, 0.1) is 11.1 Å². The average Bonchev–Trinajstić information content (AvgIpc) is 2.78. The predicted molar refractivity (Wildman–Crippen MR) is 120 cm³/mol. The fourth-order valence-corrected chi connectivity index (χ4v) is 4.38. The number of rotatable bonds is 2. The van der Waals surface area contributed by atoms with Gasteiger partial charge in [-0.2, -0.15) is 0 Å². The second kappa shape index (κ2) is 8.60. The van der Waals surface area contributed by atoms with Crippen LogP contribution in [0.2, 0.25) is 0 Å². The zero-order valence-electron chi connectivity index (χ0n) is 17.4. The van der Waals surface area contributed by atoms with Crippen LogP contribution in [-0.2, 0) is 12.8 Å². The molecular formula is C27H24O4. The second-order valence-corrected chi connectivity index (χ2v) is 7.95. The molecule has 0 unspecified atom stereocenters. The molecule has 2 aliphatic rings. The van der Waals surface area contributed by atoms with Gasteiger partial charge >= 0.3 is 11.9 Å². The van der Waals surface area contributed by atoms with Gasteiger partial charge in [0.25, 0.3) is 0 Å². The van der Waals surface area contributed by atoms with Crippen molar-refractivity contribution in [2.75, 3.05) is 0 Å². The third-order valence-corrected chi connectivity index (χ3v) is 5.81. The average molecular weight is 412 g/mol. The molecule has 0 heterocycles. The molecular weight excluding hydrogens is 388 g/mol. The Labute approximate surface area is 180 Å². The van der Waals surface area contributed by atoms with Crippen molar-refractivity contribution in [1.82, 2.24) is 0 Å². The van der Waals surface area contributed by atoms with Gasteiger partial charge in [-0.3, -0.25) is 0 Å². The van der Waals surface area contributed by atoms with Crippen LogP contribution in [0.25, 0.3) is 12.2 Å². The fraction of sp³-hybridized carbons (Fsp3) is 0.185. The van der Waals surface area contributed by atoms with Crippen LogP contribution >= 0.6 is 0 Å². The van der Waals surface area contributed by atoms with Crippen molar-refractivity contribution in [1.29, 1.82) is 0 Å². The van der Waals surface area contributed by atoms with E-state index in [2.05, 4.69) is 48.6 Å². The minimum Gasteiger partial charge on any atom is -0.478 e. The molecule has 0 radical (unpaired) electrons. The summed E-state index contributed by atoms with van der Waals surface area (Å²) < 4.78 is 0. The monoisotopic (exact) mass is 412 g/mol. The summed E-state index contributed by atoms with van der Waals surface area (Å²) in [5.41, 5.74) is 3.79. The Morgan fingerprint density at radius 3 is 2.19 bits per heavy atom. The Morgan fingerprint density at radius 1 is 0.774 bits per heavy atom. The van der Waals surface area contributed by atoms with Crippen LogP contribution < -0.4 is 10.4 Å². The second-order valence-electron chi connectivity index (χ2n) is 7.95. The summed E-state index contributed by atoms with van der Waals surface area (Å²) in [6.07, 6.45) is 9.69. The van der Waals surface area contributed by atoms with Crippen molar-refractivity contribution in [3.63, 3.8) is 0 Å². The number of benzene rings is 3. The predicted octanol–water partition coefficient (Wildman–Crippen LogP) is 3.82. The smallest absolute Gasteiger partial charge is 0.335 e. The lowest BCUT2D eigenvalue weighted by Gasteiger charge is -2.16. The van der Waals surface area contributed by atoms with Gasteiger partial charge in [0, 0.05) is 0 Å². The van der Waals surface area contributed by atoms with Crippen LogP contribution in [0.15, 0.2) is 54.6 Å². The summed E-state index contributed by atoms with van der Waals surface area (Å²) in [6.45, 7) is 1.65. The van der Waals surface area contributed by atoms with Crippen LogP contribution in [0.5, 0.6) is 0 Å². The summed E-state index contributed by atoms with van der Waals surface area (Å²) in [7, 11) is 0. The number of fused-ring (bicyclic) bond motifs is 4. The molecule has 0 fully saturated rings. The third kappa shape index (κ3) is 4.29. The molecule has 0 atom stereocenters. The highest BCUT2D eigenvalue weighted by Crippen LogP contribution is 2.17. The zero-order chi connectivity index (χ0) is 22.0. The lowest BCUT2D eigenvalue weighted by atomic mass is 9.89. The topological polar surface area (TPSA) is 74.6 Å². The summed E-state index contributed by atoms with van der Waals surface area (Å²) in [6, 6.07) is 17.4. The Morgan fingerprint density at radius 2 is 1.48 bits per heavy atom. The summed E-state index contributed by atoms with van der Waals surface area (Å²) in [5.74, 6) is -2.24. The van der Waals surface area contributed by atoms with Crippen molar-refractivity contribution in [2.45, 2.75) is 32.6 Å². The highest BCUT2D eigenvalue weighted by molar-refractivity contribution is 5.94. The van der Waals surface area contributed by atoms with Crippen LogP contribution in [-0.4, -0.2) is 22.2 Å². The van der Waals surface area contributed by atoms with E-state index >= 15 is 0 Å². The zero-order valence-corrected chi connectivity index (χ0v) is 17.4. The maximum Gasteiger partial charge on any atom is 0.335 e. The normalized spacial score (nSPS) is 13.2. The number of carbonyl (C=O) groups is 2. The van der Waals surface area contributed by atoms with E-state index in [0.717, 1.165) is 12.5 Å². The molecule has 4 nitrogen and oxygen atoms in total. The number of carboxylic acids is 2. The maximum absolute atomic E-state index is 10.5. The molecule has 0 saturated carbocycles. The molecule has 156 valence electrons. The van der Waals surface area contributed by atoms with E-state index in [1.165, 1.54) is 52.3 Å². The molecule has 4 heteroatoms. The van der Waals surface area contributed by atoms with Crippen molar-refractivity contribution >= 4 is 24.1 Å². The molecule has 0 bridgehead atoms. The maximum atomic E-state index is 10.5. The number of aryl methyl sites for hydroxylation is 1. The first-order valence-corrected chi connectivity index (χ1v) is 10.4. The van der Waals surface area contributed by atoms with Gasteiger partial charge in [-0.25, -0.2) is 9.59 Å². The molecule has 0 saturated heterocycles. The number of hydrogen-bond acceptors (Lipinski definition) is 2. The van der Waals surface area contributed by atoms with E-state index in [4.69, 9.17) is 10.2 Å². The molecule has 0 spiro atoms. The van der Waals surface area contributed by atoms with Crippen LogP contribution in [0.3, 0.4) is 0 Å². The largest absolute Gasteiger partial charge is 0.478 e. The van der Waals surface area contributed by atoms with Crippen molar-refractivity contribution < 1.29 is 19.8 Å². The lowest BCUT2D eigenvalue weighted by molar-refractivity contribution is 0.0696. The first kappa shape index (κ1) is 20.6. The molecule has 5 rings (SSSR count). The number of carboxylic acid groups (broad SMARTS) is 2. The highest BCUT2D eigenvalue weighted by atomic mass is 16.4. The first-order valence-electron chi connectivity index (χ1n) is 10.4. The fourth-order valence-electron chi connectivity index (χ4n) is 4.38. The molecule has 0 aromatic heterocycles. The summed E-state index contributed by atoms with van der Waals surface area (Å²) in [5, 5.41) is 23.0. The third-order valence-electron chi connectivity index (χ3n) is 5.81. The van der Waals surface area contributed by atoms with Gasteiger partial charge < -0.3 is 10.2 Å². The molecule has 0 amide bonds. The Hall–Kier alpha value is -3.66. The lowest BCUT2D eigenvalue weighted by Crippen LogP contribution is -2.19. The molecule has 2 N–H and O–H groups in total. The van der Waals surface area contributed by atoms with E-state index in [1.807, 2.05) is 0 Å². The first-order chi connectivity index (χ1) is 14.9. The molecule has 31 heavy (non-hydrogen) atoms. The SMILES string of the molecule is C1=c2ccc3c(c2CCC1)CC=c1ccccc1=3.Cc1cc(C(=O)O)cc(C(=O)O)c1. The van der Waals surface area contributed by atoms with E-state index in [9.17, 15) is 9.59 Å². The standard InChI is InChI=1S/C18H16.C9H8O4/c1-3-7-15-13(5-1)9-11-18-16-8-4-2-6-14(16)10-12-17(15)18;1-5-2-6(8(10)11)4-7(3-5)9(12)13/h1,3,5-7,9-10,12H,2,4,8,11H2;2-4H,1H3,(H,10,11)(H,12,13). The van der Waals surface area contributed by atoms with E-state index in [0.29, 0.717) is 5.56 Å². The minimum absolute atomic E-state index is 0.00241. The van der Waals surface area contributed by atoms with E-state index < -0.39 is 11.9 Å². The van der Waals surface area contributed by atoms with Crippen molar-refractivity contribution in [3.05, 3.63) is 103 Å². The van der Waals surface area contributed by atoms with Crippen LogP contribution in [0, 0.1) is 17.4 Å². The molecule has 3 aromatic carbocycles. The Balaban J connectivity index is 0.000000159. The number of hydrogen-bond donors (Lipinski definition) is 2. The molecule has 0 aliphatic heterocycles. The Kier molecular flexibility index (Phi) is 5.72. The van der Waals surface area contributed by atoms with E-state index in [-0.39, 0.29) is 11.1 Å². The summed E-state index contributed by atoms with van der Waals surface area (Å²) in [4.78, 5) is 21.1. The quantitative estimate of drug-likeness (QED) is 0.671. The van der Waals surface area contributed by atoms with Gasteiger partial charge in [-0.05, 0) is 88.4 Å². The molecule has 2 aliphatic carbocycles. The van der Waals surface area contributed by atoms with Gasteiger partial charge in [0.15, 0.2) is 0 Å². The Bertz CT molecular complexity index is 1370. The van der Waals surface area contributed by atoms with Crippen LogP contribution in [0.1, 0.15) is 50.2 Å². The van der Waals surface area contributed by atoms with Gasteiger partial charge in [-0.15, -0.1) is 0 Å². The van der Waals surface area contributed by atoms with Crippen LogP contribution in [0.4, 0.5) is 0 Å². The molecule has 3 aromatic rings. The van der Waals surface area contributed by atoms with Gasteiger partial charge in [0.1, 0.15) is 0 Å². The van der Waals surface area contributed by atoms with E-state index in [1.54, 1.807) is 18.1 Å². The highest BCUT2D eigenvalue weighted by Gasteiger charge is 2.11. The van der Waals surface area contributed by atoms with Gasteiger partial charge in [-0.1, -0.05) is 48.6 Å². The van der Waals surface area contributed by atoms with Gasteiger partial charge in [0.2, 0.25) is 0 Å². The summed E-state index contributed by atoms with van der Waals surface area (Å²) >= 11 is 0. The minimum atomic E-state index is -1.12. The van der Waals surface area contributed by atoms with Crippen molar-refractivity contribution in [3.8, 4) is 0 Å². The number of aromatic carboxylic acids is 2.